The van der Waals surface area contributed by atoms with Crippen LogP contribution in [0.2, 0.25) is 0 Å². The highest BCUT2D eigenvalue weighted by Gasteiger charge is 2.16. The molecule has 1 N–H and O–H groups in total. The van der Waals surface area contributed by atoms with E-state index in [-0.39, 0.29) is 0 Å². The molecule has 0 spiro atoms. The molecule has 0 bridgehead atoms. The zero-order chi connectivity index (χ0) is 12.9. The number of nitrogens with zero attached hydrogens (tertiary/aromatic N) is 4. The van der Waals surface area contributed by atoms with E-state index in [9.17, 15) is 0 Å². The van der Waals surface area contributed by atoms with Gasteiger partial charge in [0.15, 0.2) is 0 Å². The molecule has 1 aromatic heterocycles. The number of piperidine rings is 1. The first-order chi connectivity index (χ1) is 9.43. The van der Waals surface area contributed by atoms with Crippen molar-refractivity contribution in [3.8, 4) is 11.7 Å². The van der Waals surface area contributed by atoms with E-state index >= 15 is 0 Å². The smallest absolute Gasteiger partial charge is 0.340 e. The topological polar surface area (TPSA) is 64.9 Å². The molecule has 2 heterocycles. The second kappa shape index (κ2) is 5.79. The number of hydrogen-bond donors (Lipinski definition) is 1. The third kappa shape index (κ3) is 2.90. The van der Waals surface area contributed by atoms with Crippen LogP contribution in [0.1, 0.15) is 12.8 Å². The molecule has 100 valence electrons. The molecule has 0 saturated carbocycles. The van der Waals surface area contributed by atoms with Crippen LogP contribution in [-0.2, 0) is 0 Å². The van der Waals surface area contributed by atoms with E-state index in [1.165, 1.54) is 0 Å². The highest BCUT2D eigenvalue weighted by atomic mass is 16.5. The fourth-order valence-corrected chi connectivity index (χ4v) is 2.24. The number of benzene rings is 1. The number of hydrogen-bond acceptors (Lipinski definition) is 5. The Bertz CT molecular complexity index is 507. The van der Waals surface area contributed by atoms with Crippen LogP contribution < -0.4 is 10.1 Å². The van der Waals surface area contributed by atoms with Gasteiger partial charge in [-0.3, -0.25) is 0 Å². The van der Waals surface area contributed by atoms with Gasteiger partial charge in [-0.25, -0.2) is 0 Å². The van der Waals surface area contributed by atoms with Crippen molar-refractivity contribution < 1.29 is 4.74 Å². The van der Waals surface area contributed by atoms with E-state index in [4.69, 9.17) is 4.74 Å². The molecule has 6 nitrogen and oxygen atoms in total. The predicted molar refractivity (Wildman–Crippen MR) is 70.2 cm³/mol. The van der Waals surface area contributed by atoms with Crippen molar-refractivity contribution in [3.05, 3.63) is 30.3 Å². The fourth-order valence-electron chi connectivity index (χ4n) is 2.24. The lowest BCUT2D eigenvalue weighted by molar-refractivity contribution is 0.198. The van der Waals surface area contributed by atoms with Crippen LogP contribution in [0.15, 0.2) is 30.3 Å². The van der Waals surface area contributed by atoms with Gasteiger partial charge in [-0.05, 0) is 54.4 Å². The highest BCUT2D eigenvalue weighted by molar-refractivity contribution is 5.31. The van der Waals surface area contributed by atoms with Crippen molar-refractivity contribution in [1.29, 1.82) is 0 Å². The minimum absolute atomic E-state index is 0.463. The van der Waals surface area contributed by atoms with Crippen LogP contribution in [0.25, 0.3) is 5.69 Å². The number of aromatic nitrogens is 4. The lowest BCUT2D eigenvalue weighted by atomic mass is 9.99. The van der Waals surface area contributed by atoms with E-state index < -0.39 is 0 Å². The molecule has 0 aliphatic carbocycles. The molecule has 2 aromatic rings. The summed E-state index contributed by atoms with van der Waals surface area (Å²) in [6.45, 7) is 2.81. The molecule has 19 heavy (non-hydrogen) atoms. The van der Waals surface area contributed by atoms with E-state index in [1.807, 2.05) is 30.3 Å². The summed E-state index contributed by atoms with van der Waals surface area (Å²) in [5, 5.41) is 14.9. The maximum absolute atomic E-state index is 5.77. The highest BCUT2D eigenvalue weighted by Crippen LogP contribution is 2.16. The first-order valence-electron chi connectivity index (χ1n) is 6.61. The molecule has 0 atom stereocenters. The Morgan fingerprint density at radius 3 is 2.79 bits per heavy atom. The van der Waals surface area contributed by atoms with Crippen LogP contribution in [0.5, 0.6) is 6.01 Å². The van der Waals surface area contributed by atoms with Crippen molar-refractivity contribution in [2.75, 3.05) is 19.7 Å². The van der Waals surface area contributed by atoms with Crippen molar-refractivity contribution >= 4 is 0 Å². The summed E-state index contributed by atoms with van der Waals surface area (Å²) in [6, 6.07) is 10.2. The summed E-state index contributed by atoms with van der Waals surface area (Å²) in [5.41, 5.74) is 0.910. The normalized spacial score (nSPS) is 16.4. The van der Waals surface area contributed by atoms with Crippen LogP contribution in [-0.4, -0.2) is 39.9 Å². The molecule has 0 unspecified atom stereocenters. The summed E-state index contributed by atoms with van der Waals surface area (Å²) < 4.78 is 7.40. The summed E-state index contributed by atoms with van der Waals surface area (Å²) in [4.78, 5) is 0. The Morgan fingerprint density at radius 2 is 2.00 bits per heavy atom. The summed E-state index contributed by atoms with van der Waals surface area (Å²) >= 11 is 0. The third-order valence-electron chi connectivity index (χ3n) is 3.35. The molecule has 0 amide bonds. The predicted octanol–water partition coefficient (Wildman–Crippen LogP) is 1.04. The first-order valence-corrected chi connectivity index (χ1v) is 6.61. The number of tetrazole rings is 1. The molecule has 1 aliphatic rings. The van der Waals surface area contributed by atoms with Gasteiger partial charge in [0.05, 0.1) is 12.3 Å². The van der Waals surface area contributed by atoms with Gasteiger partial charge in [0.2, 0.25) is 0 Å². The van der Waals surface area contributed by atoms with Gasteiger partial charge >= 0.3 is 6.01 Å². The monoisotopic (exact) mass is 259 g/mol. The molecule has 1 aromatic carbocycles. The van der Waals surface area contributed by atoms with Crippen molar-refractivity contribution in [3.63, 3.8) is 0 Å². The van der Waals surface area contributed by atoms with E-state index in [0.717, 1.165) is 31.6 Å². The fraction of sp³-hybridized carbons (Fsp3) is 0.462. The maximum atomic E-state index is 5.77. The second-order valence-electron chi connectivity index (χ2n) is 4.71. The van der Waals surface area contributed by atoms with Crippen LogP contribution in [0.3, 0.4) is 0 Å². The second-order valence-corrected chi connectivity index (χ2v) is 4.71. The number of nitrogens with one attached hydrogen (secondary N) is 1. The van der Waals surface area contributed by atoms with E-state index in [2.05, 4.69) is 20.8 Å². The molecule has 3 rings (SSSR count). The summed E-state index contributed by atoms with van der Waals surface area (Å²) in [6.07, 6.45) is 2.29. The van der Waals surface area contributed by atoms with Gasteiger partial charge in [-0.15, -0.1) is 0 Å². The number of para-hydroxylation sites is 1. The zero-order valence-corrected chi connectivity index (χ0v) is 10.7. The first kappa shape index (κ1) is 12.1. The molecular formula is C13H17N5O. The Kier molecular flexibility index (Phi) is 3.69. The van der Waals surface area contributed by atoms with Gasteiger partial charge in [0.25, 0.3) is 0 Å². The van der Waals surface area contributed by atoms with Gasteiger partial charge in [-0.2, -0.15) is 4.68 Å². The standard InChI is InChI=1S/C13H17N5O/c1-2-4-12(5-3-1)18-13(15-16-17-18)19-10-11-6-8-14-9-7-11/h1-5,11,14H,6-10H2. The molecule has 6 heteroatoms. The minimum atomic E-state index is 0.463. The van der Waals surface area contributed by atoms with Crippen molar-refractivity contribution in [1.82, 2.24) is 25.5 Å². The van der Waals surface area contributed by atoms with Gasteiger partial charge in [0, 0.05) is 0 Å². The van der Waals surface area contributed by atoms with Gasteiger partial charge in [-0.1, -0.05) is 23.3 Å². The number of ether oxygens (including phenoxy) is 1. The van der Waals surface area contributed by atoms with E-state index in [1.54, 1.807) is 4.68 Å². The van der Waals surface area contributed by atoms with Crippen LogP contribution in [0, 0.1) is 5.92 Å². The van der Waals surface area contributed by atoms with Crippen molar-refractivity contribution in [2.45, 2.75) is 12.8 Å². The van der Waals surface area contributed by atoms with Gasteiger partial charge in [0.1, 0.15) is 0 Å². The summed E-state index contributed by atoms with van der Waals surface area (Å²) in [7, 11) is 0. The Balaban J connectivity index is 1.67. The molecule has 1 aliphatic heterocycles. The molecular weight excluding hydrogens is 242 g/mol. The zero-order valence-electron chi connectivity index (χ0n) is 10.7. The Hall–Kier alpha value is -1.95. The Morgan fingerprint density at radius 1 is 1.21 bits per heavy atom. The maximum Gasteiger partial charge on any atom is 0.340 e. The number of rotatable bonds is 4. The molecule has 1 fully saturated rings. The SMILES string of the molecule is c1ccc(-n2nnnc2OCC2CCNCC2)cc1. The van der Waals surface area contributed by atoms with Crippen molar-refractivity contribution in [2.24, 2.45) is 5.92 Å². The third-order valence-corrected chi connectivity index (χ3v) is 3.35. The quantitative estimate of drug-likeness (QED) is 0.888. The summed E-state index contributed by atoms with van der Waals surface area (Å²) in [5.74, 6) is 0.585. The Labute approximate surface area is 111 Å². The molecule has 0 radical (unpaired) electrons. The van der Waals surface area contributed by atoms with Gasteiger partial charge < -0.3 is 10.1 Å². The van der Waals surface area contributed by atoms with E-state index in [0.29, 0.717) is 18.5 Å². The molecule has 1 saturated heterocycles. The average molecular weight is 259 g/mol. The minimum Gasteiger partial charge on any atom is -0.462 e. The van der Waals surface area contributed by atoms with Crippen LogP contribution >= 0.6 is 0 Å². The average Bonchev–Trinajstić information content (AvgIpc) is 2.95. The van der Waals surface area contributed by atoms with Crippen LogP contribution in [0.4, 0.5) is 0 Å². The lowest BCUT2D eigenvalue weighted by Gasteiger charge is -2.22. The largest absolute Gasteiger partial charge is 0.462 e. The lowest BCUT2D eigenvalue weighted by Crippen LogP contribution is -2.30.